The molecule has 5 nitrogen and oxygen atoms in total. The summed E-state index contributed by atoms with van der Waals surface area (Å²) in [5.41, 5.74) is 2.76. The van der Waals surface area contributed by atoms with Crippen molar-refractivity contribution in [2.75, 3.05) is 11.9 Å². The van der Waals surface area contributed by atoms with E-state index in [2.05, 4.69) is 37.0 Å². The van der Waals surface area contributed by atoms with Crippen LogP contribution >= 0.6 is 0 Å². The predicted octanol–water partition coefficient (Wildman–Crippen LogP) is 2.06. The van der Waals surface area contributed by atoms with E-state index in [0.29, 0.717) is 0 Å². The zero-order valence-electron chi connectivity index (χ0n) is 10.6. The minimum Gasteiger partial charge on any atom is -0.353 e. The number of fused-ring (bicyclic) bond motifs is 1. The summed E-state index contributed by atoms with van der Waals surface area (Å²) < 4.78 is 0. The Kier molecular flexibility index (Phi) is 3.02. The molecule has 0 bridgehead atoms. The fraction of sp³-hybridized carbons (Fsp3) is 0.143. The molecule has 1 aromatic carbocycles. The Morgan fingerprint density at radius 3 is 2.68 bits per heavy atom. The summed E-state index contributed by atoms with van der Waals surface area (Å²) in [6.07, 6.45) is 4.76. The first-order valence-corrected chi connectivity index (χ1v) is 6.00. The summed E-state index contributed by atoms with van der Waals surface area (Å²) >= 11 is 0. The van der Waals surface area contributed by atoms with E-state index in [0.717, 1.165) is 23.4 Å². The van der Waals surface area contributed by atoms with Crippen molar-refractivity contribution in [2.45, 2.75) is 6.54 Å². The second-order valence-electron chi connectivity index (χ2n) is 4.30. The normalized spacial score (nSPS) is 10.6. The average Bonchev–Trinajstić information content (AvgIpc) is 2.47. The van der Waals surface area contributed by atoms with Crippen molar-refractivity contribution in [3.63, 3.8) is 0 Å². The molecule has 0 unspecified atom stereocenters. The maximum atomic E-state index is 4.33. The molecule has 0 saturated heterocycles. The van der Waals surface area contributed by atoms with Gasteiger partial charge in [0.1, 0.15) is 23.7 Å². The molecule has 0 amide bonds. The number of hydrogen-bond donors (Lipinski definition) is 0. The van der Waals surface area contributed by atoms with Crippen LogP contribution in [0, 0.1) is 0 Å². The van der Waals surface area contributed by atoms with Gasteiger partial charge < -0.3 is 4.90 Å². The fourth-order valence-electron chi connectivity index (χ4n) is 2.01. The highest BCUT2D eigenvalue weighted by Gasteiger charge is 2.09. The van der Waals surface area contributed by atoms with Crippen molar-refractivity contribution in [3.8, 4) is 0 Å². The second kappa shape index (κ2) is 4.97. The molecule has 0 spiro atoms. The molecule has 0 atom stereocenters. The Labute approximate surface area is 111 Å². The van der Waals surface area contributed by atoms with E-state index in [4.69, 9.17) is 0 Å². The van der Waals surface area contributed by atoms with Gasteiger partial charge in [0.2, 0.25) is 0 Å². The molecule has 2 heterocycles. The van der Waals surface area contributed by atoms with Gasteiger partial charge in [0.15, 0.2) is 5.82 Å². The quantitative estimate of drug-likeness (QED) is 0.713. The van der Waals surface area contributed by atoms with Gasteiger partial charge in [-0.2, -0.15) is 0 Å². The van der Waals surface area contributed by atoms with Crippen LogP contribution in [0.5, 0.6) is 0 Å². The van der Waals surface area contributed by atoms with Crippen LogP contribution in [0.25, 0.3) is 11.0 Å². The molecule has 94 valence electrons. The molecule has 3 rings (SSSR count). The number of rotatable bonds is 3. The van der Waals surface area contributed by atoms with Gasteiger partial charge in [-0.05, 0) is 5.56 Å². The van der Waals surface area contributed by atoms with Gasteiger partial charge in [-0.15, -0.1) is 0 Å². The van der Waals surface area contributed by atoms with Crippen LogP contribution < -0.4 is 4.90 Å². The summed E-state index contributed by atoms with van der Waals surface area (Å²) in [6.45, 7) is 0.775. The molecule has 0 fully saturated rings. The minimum atomic E-state index is 0.757. The molecule has 0 aliphatic rings. The highest BCUT2D eigenvalue weighted by Crippen LogP contribution is 2.19. The van der Waals surface area contributed by atoms with Crippen LogP contribution in [-0.2, 0) is 6.54 Å². The molecule has 0 radical (unpaired) electrons. The smallest absolute Gasteiger partial charge is 0.158 e. The Balaban J connectivity index is 1.96. The van der Waals surface area contributed by atoms with E-state index in [1.165, 1.54) is 11.9 Å². The lowest BCUT2D eigenvalue weighted by Gasteiger charge is -2.18. The third-order valence-corrected chi connectivity index (χ3v) is 2.91. The van der Waals surface area contributed by atoms with Crippen LogP contribution in [0.15, 0.2) is 49.2 Å². The third-order valence-electron chi connectivity index (χ3n) is 2.91. The second-order valence-corrected chi connectivity index (χ2v) is 4.30. The van der Waals surface area contributed by atoms with Gasteiger partial charge in [0.05, 0.1) is 6.20 Å². The summed E-state index contributed by atoms with van der Waals surface area (Å²) in [4.78, 5) is 18.8. The minimum absolute atomic E-state index is 0.757. The molecule has 5 heteroatoms. The molecule has 2 aromatic heterocycles. The standard InChI is InChI=1S/C14H13N5/c1-19(8-11-5-3-2-4-6-11)14-13-12(16-10-18-14)7-15-9-17-13/h2-7,9-10H,8H2,1H3. The molecular formula is C14H13N5. The van der Waals surface area contributed by atoms with E-state index in [1.807, 2.05) is 25.2 Å². The Bertz CT molecular complexity index is 678. The van der Waals surface area contributed by atoms with Gasteiger partial charge in [-0.25, -0.2) is 19.9 Å². The molecular weight excluding hydrogens is 238 g/mol. The van der Waals surface area contributed by atoms with Crippen LogP contribution in [0.1, 0.15) is 5.56 Å². The number of hydrogen-bond acceptors (Lipinski definition) is 5. The highest BCUT2D eigenvalue weighted by molar-refractivity contribution is 5.84. The average molecular weight is 251 g/mol. The van der Waals surface area contributed by atoms with Gasteiger partial charge in [0, 0.05) is 13.6 Å². The van der Waals surface area contributed by atoms with Crippen LogP contribution in [0.3, 0.4) is 0 Å². The molecule has 0 saturated carbocycles. The zero-order valence-corrected chi connectivity index (χ0v) is 10.6. The Morgan fingerprint density at radius 1 is 1.00 bits per heavy atom. The van der Waals surface area contributed by atoms with Gasteiger partial charge in [-0.1, -0.05) is 30.3 Å². The van der Waals surface area contributed by atoms with E-state index in [1.54, 1.807) is 12.5 Å². The summed E-state index contributed by atoms with van der Waals surface area (Å²) in [5, 5.41) is 0. The van der Waals surface area contributed by atoms with Crippen LogP contribution in [0.2, 0.25) is 0 Å². The van der Waals surface area contributed by atoms with Crippen LogP contribution in [-0.4, -0.2) is 27.0 Å². The lowest BCUT2D eigenvalue weighted by atomic mass is 10.2. The molecule has 0 N–H and O–H groups in total. The van der Waals surface area contributed by atoms with Crippen molar-refractivity contribution in [3.05, 3.63) is 54.7 Å². The van der Waals surface area contributed by atoms with E-state index >= 15 is 0 Å². The maximum absolute atomic E-state index is 4.33. The number of nitrogens with zero attached hydrogens (tertiary/aromatic N) is 5. The largest absolute Gasteiger partial charge is 0.353 e. The molecule has 0 aliphatic heterocycles. The number of benzene rings is 1. The Hall–Kier alpha value is -2.56. The predicted molar refractivity (Wildman–Crippen MR) is 73.7 cm³/mol. The van der Waals surface area contributed by atoms with Crippen molar-refractivity contribution >= 4 is 16.9 Å². The van der Waals surface area contributed by atoms with E-state index < -0.39 is 0 Å². The molecule has 0 aliphatic carbocycles. The van der Waals surface area contributed by atoms with Crippen molar-refractivity contribution in [1.82, 2.24) is 19.9 Å². The van der Waals surface area contributed by atoms with Gasteiger partial charge in [-0.3, -0.25) is 0 Å². The first kappa shape index (κ1) is 11.5. The molecule has 19 heavy (non-hydrogen) atoms. The maximum Gasteiger partial charge on any atom is 0.158 e. The lowest BCUT2D eigenvalue weighted by Crippen LogP contribution is -2.18. The summed E-state index contributed by atoms with van der Waals surface area (Å²) in [7, 11) is 2.00. The van der Waals surface area contributed by atoms with E-state index in [9.17, 15) is 0 Å². The topological polar surface area (TPSA) is 54.8 Å². The lowest BCUT2D eigenvalue weighted by molar-refractivity contribution is 0.896. The first-order valence-electron chi connectivity index (χ1n) is 6.00. The monoisotopic (exact) mass is 251 g/mol. The highest BCUT2D eigenvalue weighted by atomic mass is 15.2. The van der Waals surface area contributed by atoms with Crippen molar-refractivity contribution < 1.29 is 0 Å². The number of aromatic nitrogens is 4. The van der Waals surface area contributed by atoms with Gasteiger partial charge >= 0.3 is 0 Å². The van der Waals surface area contributed by atoms with Crippen molar-refractivity contribution in [2.24, 2.45) is 0 Å². The van der Waals surface area contributed by atoms with Crippen molar-refractivity contribution in [1.29, 1.82) is 0 Å². The third kappa shape index (κ3) is 2.35. The zero-order chi connectivity index (χ0) is 13.1. The SMILES string of the molecule is CN(Cc1ccccc1)c1ncnc2cncnc12. The molecule has 3 aromatic rings. The summed E-state index contributed by atoms with van der Waals surface area (Å²) in [6, 6.07) is 10.3. The fourth-order valence-corrected chi connectivity index (χ4v) is 2.01. The van der Waals surface area contributed by atoms with Crippen LogP contribution in [0.4, 0.5) is 5.82 Å². The summed E-state index contributed by atoms with van der Waals surface area (Å²) in [5.74, 6) is 0.816. The Morgan fingerprint density at radius 2 is 1.84 bits per heavy atom. The van der Waals surface area contributed by atoms with Gasteiger partial charge in [0.25, 0.3) is 0 Å². The number of anilines is 1. The first-order chi connectivity index (χ1) is 9.34. The van der Waals surface area contributed by atoms with E-state index in [-0.39, 0.29) is 0 Å².